The number of hydrogen-bond acceptors (Lipinski definition) is 4. The molecule has 0 unspecified atom stereocenters. The normalized spacial score (nSPS) is 15.4. The molecule has 5 nitrogen and oxygen atoms in total. The molecule has 0 spiro atoms. The highest BCUT2D eigenvalue weighted by Gasteiger charge is 2.30. The summed E-state index contributed by atoms with van der Waals surface area (Å²) in [7, 11) is 3.13. The molecule has 0 N–H and O–H groups in total. The van der Waals surface area contributed by atoms with E-state index < -0.39 is 0 Å². The third-order valence-electron chi connectivity index (χ3n) is 3.92. The zero-order valence-corrected chi connectivity index (χ0v) is 15.9. The topological polar surface area (TPSA) is 51.1 Å². The summed E-state index contributed by atoms with van der Waals surface area (Å²) in [4.78, 5) is 12.8. The Morgan fingerprint density at radius 1 is 1.04 bits per heavy atom. The van der Waals surface area contributed by atoms with E-state index in [4.69, 9.17) is 32.7 Å². The average Bonchev–Trinajstić information content (AvgIpc) is 2.89. The zero-order valence-electron chi connectivity index (χ0n) is 14.4. The van der Waals surface area contributed by atoms with Crippen molar-refractivity contribution >= 4 is 46.6 Å². The molecule has 2 aromatic carbocycles. The molecule has 3 rings (SSSR count). The van der Waals surface area contributed by atoms with Crippen LogP contribution in [0.1, 0.15) is 12.5 Å². The summed E-state index contributed by atoms with van der Waals surface area (Å²) in [5, 5.41) is 6.46. The number of ether oxygens (including phenoxy) is 2. The van der Waals surface area contributed by atoms with Crippen molar-refractivity contribution in [3.05, 3.63) is 57.6 Å². The molecule has 1 amide bonds. The van der Waals surface area contributed by atoms with Gasteiger partial charge in [0.15, 0.2) is 11.5 Å². The smallest absolute Gasteiger partial charge is 0.280 e. The quantitative estimate of drug-likeness (QED) is 0.703. The summed E-state index contributed by atoms with van der Waals surface area (Å²) in [5.74, 6) is 0.938. The summed E-state index contributed by atoms with van der Waals surface area (Å²) in [6, 6.07) is 10.3. The molecular weight excluding hydrogens is 375 g/mol. The first-order valence-corrected chi connectivity index (χ1v) is 8.49. The van der Waals surface area contributed by atoms with Crippen LogP contribution in [0.4, 0.5) is 5.69 Å². The maximum atomic E-state index is 12.8. The Kier molecular flexibility index (Phi) is 5.20. The van der Waals surface area contributed by atoms with Gasteiger partial charge in [0.1, 0.15) is 0 Å². The summed E-state index contributed by atoms with van der Waals surface area (Å²) < 4.78 is 10.5. The summed E-state index contributed by atoms with van der Waals surface area (Å²) in [6.45, 7) is 1.77. The fraction of sp³-hybridized carbons (Fsp3) is 0.158. The Hall–Kier alpha value is -2.50. The van der Waals surface area contributed by atoms with Crippen molar-refractivity contribution in [2.75, 3.05) is 19.2 Å². The molecule has 26 heavy (non-hydrogen) atoms. The van der Waals surface area contributed by atoms with Crippen molar-refractivity contribution in [1.29, 1.82) is 0 Å². The molecule has 0 radical (unpaired) electrons. The van der Waals surface area contributed by atoms with Crippen LogP contribution in [0.25, 0.3) is 6.08 Å². The van der Waals surface area contributed by atoms with Crippen LogP contribution < -0.4 is 14.5 Å². The van der Waals surface area contributed by atoms with Crippen molar-refractivity contribution in [2.45, 2.75) is 6.92 Å². The number of rotatable bonds is 4. The Balaban J connectivity index is 1.96. The highest BCUT2D eigenvalue weighted by Crippen LogP contribution is 2.34. The lowest BCUT2D eigenvalue weighted by molar-refractivity contribution is -0.114. The number of amides is 1. The van der Waals surface area contributed by atoms with Crippen molar-refractivity contribution in [2.24, 2.45) is 5.10 Å². The molecule has 1 aliphatic rings. The van der Waals surface area contributed by atoms with Crippen molar-refractivity contribution in [1.82, 2.24) is 0 Å². The van der Waals surface area contributed by atoms with E-state index in [-0.39, 0.29) is 5.91 Å². The number of hydrazone groups is 1. The minimum atomic E-state index is -0.262. The van der Waals surface area contributed by atoms with Crippen LogP contribution in [0.15, 0.2) is 47.1 Å². The Bertz CT molecular complexity index is 938. The predicted molar refractivity (Wildman–Crippen MR) is 105 cm³/mol. The number of halogens is 2. The van der Waals surface area contributed by atoms with Gasteiger partial charge in [-0.15, -0.1) is 0 Å². The van der Waals surface area contributed by atoms with E-state index in [1.54, 1.807) is 57.6 Å². The Morgan fingerprint density at radius 3 is 2.42 bits per heavy atom. The minimum Gasteiger partial charge on any atom is -0.493 e. The van der Waals surface area contributed by atoms with E-state index in [0.29, 0.717) is 38.5 Å². The van der Waals surface area contributed by atoms with Gasteiger partial charge in [-0.25, -0.2) is 0 Å². The van der Waals surface area contributed by atoms with Crippen molar-refractivity contribution in [3.8, 4) is 11.5 Å². The lowest BCUT2D eigenvalue weighted by atomic mass is 10.1. The first-order chi connectivity index (χ1) is 12.4. The molecule has 2 aromatic rings. The molecule has 0 bridgehead atoms. The molecule has 0 aliphatic carbocycles. The molecule has 1 heterocycles. The second kappa shape index (κ2) is 7.40. The van der Waals surface area contributed by atoms with E-state index in [2.05, 4.69) is 5.10 Å². The van der Waals surface area contributed by atoms with Crippen LogP contribution in [0.3, 0.4) is 0 Å². The van der Waals surface area contributed by atoms with Gasteiger partial charge in [-0.05, 0) is 48.9 Å². The van der Waals surface area contributed by atoms with E-state index in [9.17, 15) is 4.79 Å². The predicted octanol–water partition coefficient (Wildman–Crippen LogP) is 4.82. The van der Waals surface area contributed by atoms with E-state index in [0.717, 1.165) is 5.56 Å². The molecule has 1 aliphatic heterocycles. The van der Waals surface area contributed by atoms with Gasteiger partial charge in [-0.1, -0.05) is 29.3 Å². The number of anilines is 1. The number of methoxy groups -OCH3 is 2. The van der Waals surface area contributed by atoms with Crippen LogP contribution in [0, 0.1) is 0 Å². The monoisotopic (exact) mass is 390 g/mol. The van der Waals surface area contributed by atoms with E-state index in [1.807, 2.05) is 6.07 Å². The number of carbonyl (C=O) groups is 1. The van der Waals surface area contributed by atoms with Gasteiger partial charge in [0, 0.05) is 5.02 Å². The van der Waals surface area contributed by atoms with Crippen LogP contribution >= 0.6 is 23.2 Å². The number of hydrogen-bond donors (Lipinski definition) is 0. The standard InChI is InChI=1S/C19H16Cl2N2O3/c1-11-14(8-12-4-7-17(25-2)18(9-12)26-3)19(24)23(22-11)16-6-5-13(20)10-15(16)21/h4-10H,1-3H3. The third-order valence-corrected chi connectivity index (χ3v) is 4.46. The second-order valence-corrected chi connectivity index (χ2v) is 6.41. The fourth-order valence-corrected chi connectivity index (χ4v) is 3.10. The van der Waals surface area contributed by atoms with Gasteiger partial charge in [-0.3, -0.25) is 4.79 Å². The maximum Gasteiger partial charge on any atom is 0.280 e. The highest BCUT2D eigenvalue weighted by molar-refractivity contribution is 6.38. The fourth-order valence-electron chi connectivity index (χ4n) is 2.61. The molecule has 0 atom stereocenters. The number of carbonyl (C=O) groups excluding carboxylic acids is 1. The lowest BCUT2D eigenvalue weighted by Crippen LogP contribution is -2.21. The molecule has 0 aromatic heterocycles. The number of benzene rings is 2. The summed E-state index contributed by atoms with van der Waals surface area (Å²) in [6.07, 6.45) is 1.76. The molecule has 0 saturated carbocycles. The summed E-state index contributed by atoms with van der Waals surface area (Å²) >= 11 is 12.1. The first kappa shape index (κ1) is 18.3. The largest absolute Gasteiger partial charge is 0.493 e. The minimum absolute atomic E-state index is 0.262. The first-order valence-electron chi connectivity index (χ1n) is 7.73. The van der Waals surface area contributed by atoms with Gasteiger partial charge < -0.3 is 9.47 Å². The van der Waals surface area contributed by atoms with E-state index in [1.165, 1.54) is 5.01 Å². The van der Waals surface area contributed by atoms with Crippen LogP contribution in [0.2, 0.25) is 10.0 Å². The molecule has 0 saturated heterocycles. The average molecular weight is 391 g/mol. The molecule has 134 valence electrons. The molecule has 7 heteroatoms. The molecular formula is C19H16Cl2N2O3. The van der Waals surface area contributed by atoms with Gasteiger partial charge in [0.25, 0.3) is 5.91 Å². The zero-order chi connectivity index (χ0) is 18.8. The van der Waals surface area contributed by atoms with Crippen LogP contribution in [-0.4, -0.2) is 25.8 Å². The van der Waals surface area contributed by atoms with Crippen molar-refractivity contribution in [3.63, 3.8) is 0 Å². The van der Waals surface area contributed by atoms with Gasteiger partial charge in [0.05, 0.1) is 36.2 Å². The lowest BCUT2D eigenvalue weighted by Gasteiger charge is -2.13. The third kappa shape index (κ3) is 3.41. The van der Waals surface area contributed by atoms with Gasteiger partial charge >= 0.3 is 0 Å². The van der Waals surface area contributed by atoms with Crippen molar-refractivity contribution < 1.29 is 14.3 Å². The van der Waals surface area contributed by atoms with Gasteiger partial charge in [-0.2, -0.15) is 10.1 Å². The highest BCUT2D eigenvalue weighted by atomic mass is 35.5. The Labute approximate surface area is 161 Å². The van der Waals surface area contributed by atoms with Crippen LogP contribution in [0.5, 0.6) is 11.5 Å². The van der Waals surface area contributed by atoms with E-state index >= 15 is 0 Å². The van der Waals surface area contributed by atoms with Crippen LogP contribution in [-0.2, 0) is 4.79 Å². The Morgan fingerprint density at radius 2 is 1.77 bits per heavy atom. The number of nitrogens with zero attached hydrogens (tertiary/aromatic N) is 2. The maximum absolute atomic E-state index is 12.8. The molecule has 0 fully saturated rings. The summed E-state index contributed by atoms with van der Waals surface area (Å²) in [5.41, 5.74) is 2.35. The van der Waals surface area contributed by atoms with Gasteiger partial charge in [0.2, 0.25) is 0 Å². The second-order valence-electron chi connectivity index (χ2n) is 5.57. The SMILES string of the molecule is COc1ccc(C=C2C(=O)N(c3ccc(Cl)cc3Cl)N=C2C)cc1OC.